The van der Waals surface area contributed by atoms with E-state index in [4.69, 9.17) is 9.72 Å². The van der Waals surface area contributed by atoms with Crippen molar-refractivity contribution < 1.29 is 14.6 Å². The number of aromatic nitrogens is 1. The number of nitrogens with zero attached hydrogens (tertiary/aromatic N) is 2. The van der Waals surface area contributed by atoms with E-state index in [1.54, 1.807) is 0 Å². The van der Waals surface area contributed by atoms with E-state index in [9.17, 15) is 9.90 Å². The normalized spacial score (nSPS) is 16.5. The maximum Gasteiger partial charge on any atom is 0.306 e. The summed E-state index contributed by atoms with van der Waals surface area (Å²) in [5.41, 5.74) is 3.11. The molecule has 30 heavy (non-hydrogen) atoms. The van der Waals surface area contributed by atoms with Gasteiger partial charge in [0, 0.05) is 21.6 Å². The zero-order chi connectivity index (χ0) is 21.1. The van der Waals surface area contributed by atoms with Crippen molar-refractivity contribution in [3.63, 3.8) is 0 Å². The summed E-state index contributed by atoms with van der Waals surface area (Å²) in [6.45, 7) is 3.99. The number of benzene rings is 2. The molecule has 0 radical (unpaired) electrons. The lowest BCUT2D eigenvalue weighted by molar-refractivity contribution is -0.143. The summed E-state index contributed by atoms with van der Waals surface area (Å²) in [7, 11) is 0. The molecule has 1 aliphatic rings. The van der Waals surface area contributed by atoms with Crippen LogP contribution < -0.4 is 4.74 Å². The van der Waals surface area contributed by atoms with Crippen LogP contribution in [0.25, 0.3) is 10.9 Å². The van der Waals surface area contributed by atoms with Crippen molar-refractivity contribution in [3.05, 3.63) is 70.3 Å². The summed E-state index contributed by atoms with van der Waals surface area (Å²) in [5, 5.41) is 10.5. The number of rotatable bonds is 6. The number of carboxylic acids is 1. The van der Waals surface area contributed by atoms with E-state index in [-0.39, 0.29) is 12.0 Å². The Morgan fingerprint density at radius 3 is 2.73 bits per heavy atom. The number of carbonyl (C=O) groups is 1. The standard InChI is InChI=1S/C24H25BrN2O3/c1-2-30-22-8-7-19(25)14-20(22)23(27-11-9-16(10-12-27)24(28)29)18-13-17-5-3-4-6-21(17)26-15-18/h3-8,13-16,23H,2,9-12H2,1H3,(H,28,29). The Bertz CT molecular complexity index is 1050. The van der Waals surface area contributed by atoms with Gasteiger partial charge in [-0.25, -0.2) is 0 Å². The number of pyridine rings is 1. The minimum atomic E-state index is -0.698. The van der Waals surface area contributed by atoms with Gasteiger partial charge in [-0.15, -0.1) is 0 Å². The van der Waals surface area contributed by atoms with Gasteiger partial charge >= 0.3 is 5.97 Å². The molecule has 4 rings (SSSR count). The summed E-state index contributed by atoms with van der Waals surface area (Å²) in [6, 6.07) is 16.3. The van der Waals surface area contributed by atoms with Gasteiger partial charge in [-0.2, -0.15) is 0 Å². The van der Waals surface area contributed by atoms with Gasteiger partial charge in [0.15, 0.2) is 0 Å². The van der Waals surface area contributed by atoms with Gasteiger partial charge in [0.1, 0.15) is 5.75 Å². The second kappa shape index (κ2) is 9.14. The lowest BCUT2D eigenvalue weighted by atomic mass is 9.91. The Morgan fingerprint density at radius 1 is 1.23 bits per heavy atom. The maximum atomic E-state index is 11.4. The first-order valence-electron chi connectivity index (χ1n) is 10.3. The van der Waals surface area contributed by atoms with Crippen LogP contribution in [-0.2, 0) is 4.79 Å². The molecule has 3 aromatic rings. The van der Waals surface area contributed by atoms with Crippen LogP contribution in [0, 0.1) is 5.92 Å². The fourth-order valence-corrected chi connectivity index (χ4v) is 4.63. The van der Waals surface area contributed by atoms with E-state index >= 15 is 0 Å². The monoisotopic (exact) mass is 468 g/mol. The van der Waals surface area contributed by atoms with Crippen molar-refractivity contribution in [2.75, 3.05) is 19.7 Å². The van der Waals surface area contributed by atoms with E-state index in [1.165, 1.54) is 0 Å². The number of fused-ring (bicyclic) bond motifs is 1. The molecule has 1 N–H and O–H groups in total. The summed E-state index contributed by atoms with van der Waals surface area (Å²) >= 11 is 3.61. The molecule has 1 aromatic heterocycles. The number of halogens is 1. The van der Waals surface area contributed by atoms with Crippen LogP contribution in [0.5, 0.6) is 5.75 Å². The minimum Gasteiger partial charge on any atom is -0.494 e. The number of carboxylic acid groups (broad SMARTS) is 1. The van der Waals surface area contributed by atoms with Crippen LogP contribution in [-0.4, -0.2) is 40.7 Å². The number of likely N-dealkylation sites (tertiary alicyclic amines) is 1. The molecule has 2 aromatic carbocycles. The second-order valence-corrected chi connectivity index (χ2v) is 8.54. The number of piperidine rings is 1. The predicted molar refractivity (Wildman–Crippen MR) is 121 cm³/mol. The van der Waals surface area contributed by atoms with Gasteiger partial charge in [0.2, 0.25) is 0 Å². The number of aliphatic carboxylic acids is 1. The SMILES string of the molecule is CCOc1ccc(Br)cc1C(c1cnc2ccccc2c1)N1CCC(C(=O)O)CC1. The lowest BCUT2D eigenvalue weighted by Gasteiger charge is -2.37. The van der Waals surface area contributed by atoms with Crippen LogP contribution in [0.15, 0.2) is 59.2 Å². The Balaban J connectivity index is 1.79. The van der Waals surface area contributed by atoms with Crippen LogP contribution in [0.1, 0.15) is 36.9 Å². The third-order valence-electron chi connectivity index (χ3n) is 5.74. The summed E-state index contributed by atoms with van der Waals surface area (Å²) in [6.07, 6.45) is 3.22. The Hall–Kier alpha value is -2.44. The third kappa shape index (κ3) is 4.35. The molecule has 1 saturated heterocycles. The molecule has 0 bridgehead atoms. The van der Waals surface area contributed by atoms with Gasteiger partial charge in [-0.3, -0.25) is 14.7 Å². The average molecular weight is 469 g/mol. The molecule has 0 amide bonds. The molecule has 1 fully saturated rings. The molecular weight excluding hydrogens is 444 g/mol. The Labute approximate surface area is 184 Å². The van der Waals surface area contributed by atoms with Gasteiger partial charge in [-0.1, -0.05) is 34.1 Å². The van der Waals surface area contributed by atoms with E-state index in [0.717, 1.165) is 32.3 Å². The molecular formula is C24H25BrN2O3. The lowest BCUT2D eigenvalue weighted by Crippen LogP contribution is -2.39. The molecule has 1 unspecified atom stereocenters. The third-order valence-corrected chi connectivity index (χ3v) is 6.23. The highest BCUT2D eigenvalue weighted by molar-refractivity contribution is 9.10. The summed E-state index contributed by atoms with van der Waals surface area (Å²) in [5.74, 6) is -0.124. The van der Waals surface area contributed by atoms with Crippen LogP contribution in [0.4, 0.5) is 0 Å². The van der Waals surface area contributed by atoms with Crippen LogP contribution >= 0.6 is 15.9 Å². The zero-order valence-corrected chi connectivity index (χ0v) is 18.5. The molecule has 5 nitrogen and oxygen atoms in total. The van der Waals surface area contributed by atoms with E-state index < -0.39 is 5.97 Å². The van der Waals surface area contributed by atoms with Gasteiger partial charge in [0.25, 0.3) is 0 Å². The fourth-order valence-electron chi connectivity index (χ4n) is 4.25. The average Bonchev–Trinajstić information content (AvgIpc) is 2.76. The zero-order valence-electron chi connectivity index (χ0n) is 16.9. The molecule has 0 saturated carbocycles. The molecule has 156 valence electrons. The second-order valence-electron chi connectivity index (χ2n) is 7.63. The molecule has 0 spiro atoms. The van der Waals surface area contributed by atoms with Crippen molar-refractivity contribution in [1.82, 2.24) is 9.88 Å². The quantitative estimate of drug-likeness (QED) is 0.532. The van der Waals surface area contributed by atoms with E-state index in [2.05, 4.69) is 39.0 Å². The summed E-state index contributed by atoms with van der Waals surface area (Å²) < 4.78 is 6.96. The summed E-state index contributed by atoms with van der Waals surface area (Å²) in [4.78, 5) is 18.5. The minimum absolute atomic E-state index is 0.0594. The number of ether oxygens (including phenoxy) is 1. The maximum absolute atomic E-state index is 11.4. The van der Waals surface area contributed by atoms with Crippen molar-refractivity contribution in [3.8, 4) is 5.75 Å². The molecule has 6 heteroatoms. The fraction of sp³-hybridized carbons (Fsp3) is 0.333. The van der Waals surface area contributed by atoms with Crippen molar-refractivity contribution >= 4 is 32.8 Å². The molecule has 2 heterocycles. The Morgan fingerprint density at radius 2 is 2.00 bits per heavy atom. The van der Waals surface area contributed by atoms with Gasteiger partial charge < -0.3 is 9.84 Å². The smallest absolute Gasteiger partial charge is 0.306 e. The van der Waals surface area contributed by atoms with Crippen molar-refractivity contribution in [2.45, 2.75) is 25.8 Å². The van der Waals surface area contributed by atoms with Crippen molar-refractivity contribution in [2.24, 2.45) is 5.92 Å². The largest absolute Gasteiger partial charge is 0.494 e. The number of hydrogen-bond acceptors (Lipinski definition) is 4. The molecule has 1 atom stereocenters. The first kappa shape index (κ1) is 20.8. The molecule has 0 aliphatic carbocycles. The van der Waals surface area contributed by atoms with Gasteiger partial charge in [0.05, 0.1) is 24.1 Å². The predicted octanol–water partition coefficient (Wildman–Crippen LogP) is 5.28. The first-order chi connectivity index (χ1) is 14.6. The van der Waals surface area contributed by atoms with E-state index in [1.807, 2.05) is 43.5 Å². The molecule has 1 aliphatic heterocycles. The highest BCUT2D eigenvalue weighted by Gasteiger charge is 2.32. The number of para-hydroxylation sites is 1. The highest BCUT2D eigenvalue weighted by Crippen LogP contribution is 2.39. The van der Waals surface area contributed by atoms with E-state index in [0.29, 0.717) is 32.5 Å². The van der Waals surface area contributed by atoms with Crippen LogP contribution in [0.3, 0.4) is 0 Å². The topological polar surface area (TPSA) is 62.7 Å². The van der Waals surface area contributed by atoms with Crippen LogP contribution in [0.2, 0.25) is 0 Å². The highest BCUT2D eigenvalue weighted by atomic mass is 79.9. The Kier molecular flexibility index (Phi) is 6.35. The first-order valence-corrected chi connectivity index (χ1v) is 11.1. The van der Waals surface area contributed by atoms with Gasteiger partial charge in [-0.05, 0) is 68.8 Å². The number of hydrogen-bond donors (Lipinski definition) is 1. The van der Waals surface area contributed by atoms with Crippen molar-refractivity contribution in [1.29, 1.82) is 0 Å².